The van der Waals surface area contributed by atoms with Crippen molar-refractivity contribution in [2.24, 2.45) is 0 Å². The van der Waals surface area contributed by atoms with Gasteiger partial charge in [0.1, 0.15) is 24.8 Å². The first-order chi connectivity index (χ1) is 14.1. The number of hydrogen-bond donors (Lipinski definition) is 2. The topological polar surface area (TPSA) is 50.7 Å². The maximum Gasteiger partial charge on any atom is 0.175 e. The molecule has 2 N–H and O–H groups in total. The lowest BCUT2D eigenvalue weighted by Gasteiger charge is -2.16. The highest BCUT2D eigenvalue weighted by Gasteiger charge is 2.14. The lowest BCUT2D eigenvalue weighted by Crippen LogP contribution is -2.05. The van der Waals surface area contributed by atoms with Gasteiger partial charge in [0.15, 0.2) is 11.5 Å². The van der Waals surface area contributed by atoms with Gasteiger partial charge in [-0.1, -0.05) is 30.9 Å². The average Bonchev–Trinajstić information content (AvgIpc) is 2.72. The zero-order valence-electron chi connectivity index (χ0n) is 15.7. The van der Waals surface area contributed by atoms with E-state index in [2.05, 4.69) is 27.8 Å². The molecule has 0 bridgehead atoms. The van der Waals surface area contributed by atoms with E-state index in [0.717, 1.165) is 11.3 Å². The minimum absolute atomic E-state index is 0.0842. The Hall–Kier alpha value is -2.99. The van der Waals surface area contributed by atoms with E-state index in [9.17, 15) is 9.50 Å². The molecule has 0 aliphatic rings. The number of aromatic hydroxyl groups is 1. The summed E-state index contributed by atoms with van der Waals surface area (Å²) in [6.45, 7) is 4.62. The molecule has 0 saturated carbocycles. The van der Waals surface area contributed by atoms with Gasteiger partial charge in [-0.25, -0.2) is 4.39 Å². The highest BCUT2D eigenvalue weighted by Crippen LogP contribution is 2.38. The van der Waals surface area contributed by atoms with Crippen LogP contribution in [-0.2, 0) is 13.2 Å². The molecule has 0 heterocycles. The summed E-state index contributed by atoms with van der Waals surface area (Å²) >= 11 is 3.53. The number of anilines is 1. The second-order valence-electron chi connectivity index (χ2n) is 6.29. The molecular formula is C23H21BrFNO3. The van der Waals surface area contributed by atoms with Crippen molar-refractivity contribution in [3.05, 3.63) is 94.7 Å². The van der Waals surface area contributed by atoms with Crippen LogP contribution in [0.3, 0.4) is 0 Å². The predicted molar refractivity (Wildman–Crippen MR) is 116 cm³/mol. The Labute approximate surface area is 177 Å². The van der Waals surface area contributed by atoms with Gasteiger partial charge in [0, 0.05) is 17.8 Å². The largest absolute Gasteiger partial charge is 0.508 e. The number of benzene rings is 3. The van der Waals surface area contributed by atoms with Crippen molar-refractivity contribution in [2.75, 3.05) is 11.9 Å². The lowest BCUT2D eigenvalue weighted by molar-refractivity contribution is 0.269. The third kappa shape index (κ3) is 5.74. The first-order valence-electron chi connectivity index (χ1n) is 9.02. The third-order valence-corrected chi connectivity index (χ3v) is 4.71. The number of phenols is 1. The van der Waals surface area contributed by atoms with Crippen molar-refractivity contribution < 1.29 is 19.0 Å². The molecule has 6 heteroatoms. The van der Waals surface area contributed by atoms with Gasteiger partial charge < -0.3 is 19.9 Å². The number of halogens is 2. The molecule has 0 fully saturated rings. The monoisotopic (exact) mass is 457 g/mol. The van der Waals surface area contributed by atoms with Crippen molar-refractivity contribution in [2.45, 2.75) is 13.2 Å². The van der Waals surface area contributed by atoms with Gasteiger partial charge in [0.05, 0.1) is 4.47 Å². The summed E-state index contributed by atoms with van der Waals surface area (Å²) in [6.07, 6.45) is 1.65. The van der Waals surface area contributed by atoms with Gasteiger partial charge >= 0.3 is 0 Å². The molecule has 0 atom stereocenters. The normalized spacial score (nSPS) is 10.4. The fourth-order valence-corrected chi connectivity index (χ4v) is 3.27. The molecule has 0 aromatic heterocycles. The van der Waals surface area contributed by atoms with E-state index >= 15 is 0 Å². The Kier molecular flexibility index (Phi) is 7.14. The van der Waals surface area contributed by atoms with Crippen LogP contribution in [0.25, 0.3) is 0 Å². The molecule has 29 heavy (non-hydrogen) atoms. The van der Waals surface area contributed by atoms with Gasteiger partial charge in [-0.2, -0.15) is 0 Å². The van der Waals surface area contributed by atoms with Crippen molar-refractivity contribution in [1.82, 2.24) is 0 Å². The van der Waals surface area contributed by atoms with Crippen LogP contribution in [-0.4, -0.2) is 11.7 Å². The maximum absolute atomic E-state index is 13.9. The molecule has 0 aliphatic heterocycles. The first-order valence-corrected chi connectivity index (χ1v) is 9.81. The van der Waals surface area contributed by atoms with Crippen LogP contribution >= 0.6 is 15.9 Å². The Morgan fingerprint density at radius 2 is 1.83 bits per heavy atom. The number of nitrogens with one attached hydrogen (secondary N) is 1. The van der Waals surface area contributed by atoms with E-state index in [0.29, 0.717) is 34.7 Å². The summed E-state index contributed by atoms with van der Waals surface area (Å²) in [5.41, 5.74) is 2.31. The summed E-state index contributed by atoms with van der Waals surface area (Å²) in [7, 11) is 0. The smallest absolute Gasteiger partial charge is 0.175 e. The Bertz CT molecular complexity index is 976. The maximum atomic E-state index is 13.9. The van der Waals surface area contributed by atoms with Crippen LogP contribution in [0.5, 0.6) is 17.2 Å². The molecule has 150 valence electrons. The van der Waals surface area contributed by atoms with Crippen molar-refractivity contribution >= 4 is 21.6 Å². The Morgan fingerprint density at radius 1 is 1.07 bits per heavy atom. The number of phenolic OH excluding ortho intramolecular Hbond substituents is 1. The molecule has 3 rings (SSSR count). The predicted octanol–water partition coefficient (Wildman–Crippen LogP) is 6.05. The minimum atomic E-state index is -0.313. The molecule has 3 aromatic carbocycles. The highest BCUT2D eigenvalue weighted by atomic mass is 79.9. The molecule has 0 saturated heterocycles. The lowest BCUT2D eigenvalue weighted by atomic mass is 10.2. The second-order valence-corrected chi connectivity index (χ2v) is 7.14. The van der Waals surface area contributed by atoms with Gasteiger partial charge in [0.25, 0.3) is 0 Å². The fraction of sp³-hybridized carbons (Fsp3) is 0.130. The third-order valence-electron chi connectivity index (χ3n) is 4.12. The Balaban J connectivity index is 1.77. The van der Waals surface area contributed by atoms with Crippen LogP contribution in [0.1, 0.15) is 11.1 Å². The summed E-state index contributed by atoms with van der Waals surface area (Å²) in [4.78, 5) is 0. The van der Waals surface area contributed by atoms with E-state index in [1.165, 1.54) is 6.07 Å². The van der Waals surface area contributed by atoms with Crippen LogP contribution in [0, 0.1) is 5.82 Å². The molecule has 0 aliphatic carbocycles. The second kappa shape index (κ2) is 9.98. The highest BCUT2D eigenvalue weighted by molar-refractivity contribution is 9.10. The minimum Gasteiger partial charge on any atom is -0.508 e. The summed E-state index contributed by atoms with van der Waals surface area (Å²) in [5, 5.41) is 12.7. The van der Waals surface area contributed by atoms with Gasteiger partial charge in [-0.15, -0.1) is 0 Å². The van der Waals surface area contributed by atoms with E-state index in [4.69, 9.17) is 9.47 Å². The van der Waals surface area contributed by atoms with Crippen LogP contribution in [0.2, 0.25) is 0 Å². The van der Waals surface area contributed by atoms with E-state index in [1.807, 2.05) is 12.1 Å². The number of ether oxygens (including phenoxy) is 2. The van der Waals surface area contributed by atoms with Crippen molar-refractivity contribution in [3.63, 3.8) is 0 Å². The molecule has 0 amide bonds. The van der Waals surface area contributed by atoms with Crippen LogP contribution < -0.4 is 14.8 Å². The number of hydrogen-bond acceptors (Lipinski definition) is 4. The molecule has 4 nitrogen and oxygen atoms in total. The standard InChI is InChI=1S/C23H21BrFNO3/c1-2-11-28-22-13-16(14-26-18-7-9-19(27)10-8-18)12-20(24)23(22)29-15-17-5-3-4-6-21(17)25/h2-10,12-13,26-27H,1,11,14-15H2. The van der Waals surface area contributed by atoms with Gasteiger partial charge in [-0.05, 0) is 64.0 Å². The molecule has 0 radical (unpaired) electrons. The summed E-state index contributed by atoms with van der Waals surface area (Å²) < 4.78 is 26.2. The SMILES string of the molecule is C=CCOc1cc(CNc2ccc(O)cc2)cc(Br)c1OCc1ccccc1F. The number of rotatable bonds is 9. The summed E-state index contributed by atoms with van der Waals surface area (Å²) in [5.74, 6) is 0.947. The first kappa shape index (κ1) is 20.7. The summed E-state index contributed by atoms with van der Waals surface area (Å²) in [6, 6.07) is 17.1. The molecule has 0 spiro atoms. The zero-order valence-corrected chi connectivity index (χ0v) is 17.3. The average molecular weight is 458 g/mol. The van der Waals surface area contributed by atoms with E-state index < -0.39 is 0 Å². The Morgan fingerprint density at radius 3 is 2.55 bits per heavy atom. The van der Waals surface area contributed by atoms with Gasteiger partial charge in [-0.3, -0.25) is 0 Å². The van der Waals surface area contributed by atoms with Crippen LogP contribution in [0.15, 0.2) is 77.8 Å². The van der Waals surface area contributed by atoms with Crippen LogP contribution in [0.4, 0.5) is 10.1 Å². The molecular weight excluding hydrogens is 437 g/mol. The zero-order chi connectivity index (χ0) is 20.6. The molecule has 0 unspecified atom stereocenters. The van der Waals surface area contributed by atoms with Crippen molar-refractivity contribution in [1.29, 1.82) is 0 Å². The van der Waals surface area contributed by atoms with Gasteiger partial charge in [0.2, 0.25) is 0 Å². The van der Waals surface area contributed by atoms with E-state index in [1.54, 1.807) is 48.5 Å². The molecule has 3 aromatic rings. The van der Waals surface area contributed by atoms with Crippen molar-refractivity contribution in [3.8, 4) is 17.2 Å². The quantitative estimate of drug-likeness (QED) is 0.303. The fourth-order valence-electron chi connectivity index (χ4n) is 2.67. The van der Waals surface area contributed by atoms with E-state index in [-0.39, 0.29) is 18.2 Å².